The van der Waals surface area contributed by atoms with Crippen LogP contribution in [0.5, 0.6) is 0 Å². The molecule has 1 aromatic carbocycles. The van der Waals surface area contributed by atoms with E-state index >= 15 is 0 Å². The molecule has 1 heterocycles. The molecule has 3 fully saturated rings. The molecule has 2 amide bonds. The van der Waals surface area contributed by atoms with Gasteiger partial charge in [0, 0.05) is 16.6 Å². The lowest BCUT2D eigenvalue weighted by molar-refractivity contribution is -0.145. The van der Waals surface area contributed by atoms with Crippen LogP contribution in [0.1, 0.15) is 23.2 Å². The number of nitrogens with zero attached hydrogens (tertiary/aromatic N) is 1. The molecule has 5 aliphatic rings. The van der Waals surface area contributed by atoms with Crippen LogP contribution in [-0.4, -0.2) is 41.6 Å². The van der Waals surface area contributed by atoms with Crippen LogP contribution in [0, 0.1) is 35.5 Å². The first-order valence-electron chi connectivity index (χ1n) is 9.93. The van der Waals surface area contributed by atoms with E-state index in [2.05, 4.69) is 28.1 Å². The highest BCUT2D eigenvalue weighted by atomic mass is 79.9. The third kappa shape index (κ3) is 3.06. The van der Waals surface area contributed by atoms with Crippen LogP contribution in [-0.2, 0) is 19.1 Å². The van der Waals surface area contributed by atoms with Gasteiger partial charge in [-0.1, -0.05) is 40.2 Å². The van der Waals surface area contributed by atoms with Gasteiger partial charge in [0.25, 0.3) is 0 Å². The first-order valence-corrected chi connectivity index (χ1v) is 10.7. The molecule has 0 radical (unpaired) electrons. The van der Waals surface area contributed by atoms with Crippen molar-refractivity contribution in [3.63, 3.8) is 0 Å². The van der Waals surface area contributed by atoms with Crippen molar-refractivity contribution < 1.29 is 23.9 Å². The lowest BCUT2D eigenvalue weighted by Gasteiger charge is -2.37. The molecule has 2 bridgehead atoms. The Morgan fingerprint density at radius 3 is 2.17 bits per heavy atom. The third-order valence-electron chi connectivity index (χ3n) is 6.82. The molecule has 6 rings (SSSR count). The number of ketones is 1. The van der Waals surface area contributed by atoms with Crippen molar-refractivity contribution in [2.24, 2.45) is 35.5 Å². The minimum atomic E-state index is -0.588. The molecular formula is C22H20BrNO5. The zero-order valence-corrected chi connectivity index (χ0v) is 17.2. The zero-order valence-electron chi connectivity index (χ0n) is 15.6. The van der Waals surface area contributed by atoms with E-state index in [0.29, 0.717) is 17.4 Å². The number of esters is 1. The van der Waals surface area contributed by atoms with Crippen molar-refractivity contribution in [1.29, 1.82) is 0 Å². The Morgan fingerprint density at radius 1 is 1.00 bits per heavy atom. The smallest absolute Gasteiger partial charge is 0.308 e. The molecule has 150 valence electrons. The van der Waals surface area contributed by atoms with E-state index < -0.39 is 5.97 Å². The van der Waals surface area contributed by atoms with Gasteiger partial charge < -0.3 is 4.74 Å². The zero-order chi connectivity index (χ0) is 20.3. The van der Waals surface area contributed by atoms with Crippen LogP contribution < -0.4 is 0 Å². The number of imide groups is 1. The largest absolute Gasteiger partial charge is 0.457 e. The molecule has 1 aromatic rings. The fraction of sp³-hybridized carbons (Fsp3) is 0.455. The molecule has 7 heteroatoms. The van der Waals surface area contributed by atoms with E-state index in [4.69, 9.17) is 4.74 Å². The average Bonchev–Trinajstić information content (AvgIpc) is 3.50. The minimum Gasteiger partial charge on any atom is -0.457 e. The average molecular weight is 458 g/mol. The van der Waals surface area contributed by atoms with Gasteiger partial charge in [0.15, 0.2) is 12.4 Å². The second kappa shape index (κ2) is 6.90. The highest BCUT2D eigenvalue weighted by Crippen LogP contribution is 2.65. The topological polar surface area (TPSA) is 80.8 Å². The van der Waals surface area contributed by atoms with Crippen molar-refractivity contribution >= 4 is 39.5 Å². The minimum absolute atomic E-state index is 0.0186. The van der Waals surface area contributed by atoms with E-state index in [1.165, 1.54) is 4.90 Å². The van der Waals surface area contributed by atoms with Gasteiger partial charge in [0.05, 0.1) is 18.3 Å². The lowest BCUT2D eigenvalue weighted by atomic mass is 9.63. The molecule has 1 aliphatic heterocycles. The van der Waals surface area contributed by atoms with Gasteiger partial charge in [-0.15, -0.1) is 0 Å². The van der Waals surface area contributed by atoms with Crippen LogP contribution in [0.15, 0.2) is 40.9 Å². The van der Waals surface area contributed by atoms with E-state index in [1.807, 2.05) is 0 Å². The molecular weight excluding hydrogens is 438 g/mol. The number of halogens is 1. The number of ether oxygens (including phenoxy) is 1. The van der Waals surface area contributed by atoms with Gasteiger partial charge in [-0.2, -0.15) is 0 Å². The Balaban J connectivity index is 1.15. The maximum absolute atomic E-state index is 12.9. The Labute approximate surface area is 176 Å². The summed E-state index contributed by atoms with van der Waals surface area (Å²) in [6.45, 7) is -0.338. The Morgan fingerprint density at radius 2 is 1.59 bits per heavy atom. The number of rotatable bonds is 6. The van der Waals surface area contributed by atoms with Crippen molar-refractivity contribution in [2.75, 3.05) is 13.2 Å². The number of carbonyl (C=O) groups is 4. The molecule has 0 N–H and O–H groups in total. The van der Waals surface area contributed by atoms with Crippen LogP contribution in [0.4, 0.5) is 0 Å². The summed E-state index contributed by atoms with van der Waals surface area (Å²) in [6, 6.07) is 6.78. The maximum Gasteiger partial charge on any atom is 0.308 e. The number of benzene rings is 1. The Kier molecular flexibility index (Phi) is 4.46. The van der Waals surface area contributed by atoms with E-state index in [0.717, 1.165) is 10.9 Å². The predicted molar refractivity (Wildman–Crippen MR) is 105 cm³/mol. The number of amides is 2. The van der Waals surface area contributed by atoms with Gasteiger partial charge in [-0.3, -0.25) is 24.1 Å². The highest BCUT2D eigenvalue weighted by molar-refractivity contribution is 9.10. The van der Waals surface area contributed by atoms with Crippen LogP contribution in [0.2, 0.25) is 0 Å². The SMILES string of the molecule is O=C(CCN1C(=O)[C@@H]2[C@H]3C=C[C@H]([C@H]4C[C@H]34)[C@@H]2C1=O)OCC(=O)c1ccc(Br)cc1. The molecule has 6 nitrogen and oxygen atoms in total. The van der Waals surface area contributed by atoms with Gasteiger partial charge in [0.1, 0.15) is 0 Å². The summed E-state index contributed by atoms with van der Waals surface area (Å²) in [4.78, 5) is 51.1. The van der Waals surface area contributed by atoms with Gasteiger partial charge in [-0.25, -0.2) is 0 Å². The first-order chi connectivity index (χ1) is 14.0. The van der Waals surface area contributed by atoms with Crippen LogP contribution in [0.25, 0.3) is 0 Å². The number of hydrogen-bond acceptors (Lipinski definition) is 5. The number of allylic oxidation sites excluding steroid dienone is 2. The maximum atomic E-state index is 12.9. The number of likely N-dealkylation sites (tertiary alicyclic amines) is 1. The van der Waals surface area contributed by atoms with Crippen molar-refractivity contribution in [3.8, 4) is 0 Å². The molecule has 2 saturated carbocycles. The molecule has 29 heavy (non-hydrogen) atoms. The number of Topliss-reactive ketones (excluding diaryl/α,β-unsaturated/α-hetero) is 1. The number of carbonyl (C=O) groups excluding carboxylic acids is 4. The lowest BCUT2D eigenvalue weighted by Crippen LogP contribution is -2.40. The second-order valence-electron chi connectivity index (χ2n) is 8.32. The van der Waals surface area contributed by atoms with Gasteiger partial charge in [-0.05, 0) is 42.2 Å². The summed E-state index contributed by atoms with van der Waals surface area (Å²) in [5.74, 6) is -0.240. The molecule has 4 aliphatic carbocycles. The van der Waals surface area contributed by atoms with E-state index in [1.54, 1.807) is 24.3 Å². The van der Waals surface area contributed by atoms with Crippen LogP contribution in [0.3, 0.4) is 0 Å². The summed E-state index contributed by atoms with van der Waals surface area (Å²) >= 11 is 3.30. The third-order valence-corrected chi connectivity index (χ3v) is 7.35. The normalized spacial score (nSPS) is 33.5. The van der Waals surface area contributed by atoms with Crippen molar-refractivity contribution in [2.45, 2.75) is 12.8 Å². The Hall–Kier alpha value is -2.28. The second-order valence-corrected chi connectivity index (χ2v) is 9.24. The summed E-state index contributed by atoms with van der Waals surface area (Å²) < 4.78 is 5.91. The number of hydrogen-bond donors (Lipinski definition) is 0. The fourth-order valence-corrected chi connectivity index (χ4v) is 5.64. The summed E-state index contributed by atoms with van der Waals surface area (Å²) in [5, 5.41) is 0. The van der Waals surface area contributed by atoms with E-state index in [-0.39, 0.29) is 60.8 Å². The van der Waals surface area contributed by atoms with Crippen molar-refractivity contribution in [3.05, 3.63) is 46.5 Å². The molecule has 0 unspecified atom stereocenters. The van der Waals surface area contributed by atoms with E-state index in [9.17, 15) is 19.2 Å². The van der Waals surface area contributed by atoms with Gasteiger partial charge >= 0.3 is 5.97 Å². The highest BCUT2D eigenvalue weighted by Gasteiger charge is 2.66. The summed E-state index contributed by atoms with van der Waals surface area (Å²) in [6.07, 6.45) is 5.27. The molecule has 0 aromatic heterocycles. The molecule has 1 saturated heterocycles. The quantitative estimate of drug-likeness (QED) is 0.284. The fourth-order valence-electron chi connectivity index (χ4n) is 5.38. The standard InChI is InChI=1S/C22H20BrNO5/c23-12-3-1-11(2-4-12)17(25)10-29-18(26)7-8-24-21(27)19-13-5-6-14(16-9-15(13)16)20(19)22(24)28/h1-6,13-16,19-20H,7-10H2/t13-,14+,15-,16-,19+,20-/m1/s1. The monoisotopic (exact) mass is 457 g/mol. The molecule has 0 spiro atoms. The summed E-state index contributed by atoms with van der Waals surface area (Å²) in [5.41, 5.74) is 0.455. The predicted octanol–water partition coefficient (Wildman–Crippen LogP) is 2.62. The van der Waals surface area contributed by atoms with Gasteiger partial charge in [0.2, 0.25) is 11.8 Å². The summed E-state index contributed by atoms with van der Waals surface area (Å²) in [7, 11) is 0. The Bertz CT molecular complexity index is 903. The van der Waals surface area contributed by atoms with Crippen molar-refractivity contribution in [1.82, 2.24) is 4.90 Å². The first kappa shape index (κ1) is 18.7. The van der Waals surface area contributed by atoms with Crippen LogP contribution >= 0.6 is 15.9 Å². The molecule has 6 atom stereocenters.